The fourth-order valence-corrected chi connectivity index (χ4v) is 3.19. The largest absolute Gasteiger partial charge is 0.486 e. The second-order valence-electron chi connectivity index (χ2n) is 6.69. The zero-order chi connectivity index (χ0) is 17.9. The lowest BCUT2D eigenvalue weighted by Gasteiger charge is -2.26. The maximum Gasteiger partial charge on any atom is 0.240 e. The number of benzene rings is 1. The van der Waals surface area contributed by atoms with Crippen LogP contribution in [0.3, 0.4) is 0 Å². The summed E-state index contributed by atoms with van der Waals surface area (Å²) >= 11 is 0. The highest BCUT2D eigenvalue weighted by Crippen LogP contribution is 2.48. The van der Waals surface area contributed by atoms with Gasteiger partial charge >= 0.3 is 0 Å². The van der Waals surface area contributed by atoms with Crippen LogP contribution in [0.15, 0.2) is 18.2 Å². The third kappa shape index (κ3) is 3.57. The van der Waals surface area contributed by atoms with E-state index in [-0.39, 0.29) is 11.8 Å². The molecule has 1 saturated carbocycles. The van der Waals surface area contributed by atoms with Crippen LogP contribution in [0.4, 0.5) is 5.69 Å². The predicted molar refractivity (Wildman–Crippen MR) is 94.9 cm³/mol. The summed E-state index contributed by atoms with van der Waals surface area (Å²) in [6.07, 6.45) is 3.02. The summed E-state index contributed by atoms with van der Waals surface area (Å²) in [6, 6.07) is 5.32. The average molecular weight is 346 g/mol. The Kier molecular flexibility index (Phi) is 5.16. The number of carbonyl (C=O) groups excluding carboxylic acids is 2. The van der Waals surface area contributed by atoms with Crippen molar-refractivity contribution >= 4 is 17.5 Å². The van der Waals surface area contributed by atoms with Crippen LogP contribution < -0.4 is 14.8 Å². The average Bonchev–Trinajstić information content (AvgIpc) is 3.43. The third-order valence-electron chi connectivity index (χ3n) is 4.67. The van der Waals surface area contributed by atoms with Crippen LogP contribution in [0.5, 0.6) is 11.5 Å². The van der Waals surface area contributed by atoms with E-state index in [2.05, 4.69) is 5.32 Å². The summed E-state index contributed by atoms with van der Waals surface area (Å²) < 4.78 is 11.0. The van der Waals surface area contributed by atoms with Gasteiger partial charge in [-0.1, -0.05) is 13.8 Å². The summed E-state index contributed by atoms with van der Waals surface area (Å²) in [7, 11) is 0. The maximum absolute atomic E-state index is 12.9. The summed E-state index contributed by atoms with van der Waals surface area (Å²) in [5, 5.41) is 2.89. The molecule has 1 aliphatic carbocycles. The molecule has 0 saturated heterocycles. The van der Waals surface area contributed by atoms with Gasteiger partial charge in [0, 0.05) is 24.8 Å². The van der Waals surface area contributed by atoms with Crippen LogP contribution in [0.1, 0.15) is 39.5 Å². The molecule has 0 bridgehead atoms. The number of carbonyl (C=O) groups is 2. The molecule has 0 spiro atoms. The van der Waals surface area contributed by atoms with E-state index in [4.69, 9.17) is 9.47 Å². The number of nitrogens with one attached hydrogen (secondary N) is 1. The number of rotatable bonds is 7. The Hall–Kier alpha value is -2.24. The van der Waals surface area contributed by atoms with Crippen LogP contribution in [0.2, 0.25) is 0 Å². The first kappa shape index (κ1) is 17.6. The summed E-state index contributed by atoms with van der Waals surface area (Å²) in [5.74, 6) is 1.05. The van der Waals surface area contributed by atoms with Gasteiger partial charge in [-0.25, -0.2) is 0 Å². The molecule has 136 valence electrons. The van der Waals surface area contributed by atoms with Crippen LogP contribution in [-0.4, -0.2) is 43.0 Å². The molecule has 0 radical (unpaired) electrons. The molecule has 2 aliphatic rings. The minimum absolute atomic E-state index is 0.0359. The molecular formula is C19H26N2O4. The molecule has 1 heterocycles. The van der Waals surface area contributed by atoms with E-state index in [0.717, 1.165) is 12.8 Å². The van der Waals surface area contributed by atoms with E-state index in [1.165, 1.54) is 0 Å². The molecule has 3 rings (SSSR count). The van der Waals surface area contributed by atoms with E-state index < -0.39 is 5.41 Å². The van der Waals surface area contributed by atoms with E-state index in [1.807, 2.05) is 18.7 Å². The van der Waals surface area contributed by atoms with Gasteiger partial charge in [0.15, 0.2) is 11.5 Å². The van der Waals surface area contributed by atoms with Crippen LogP contribution >= 0.6 is 0 Å². The number of hydrogen-bond acceptors (Lipinski definition) is 4. The Morgan fingerprint density at radius 1 is 1.08 bits per heavy atom. The van der Waals surface area contributed by atoms with Gasteiger partial charge in [-0.15, -0.1) is 0 Å². The zero-order valence-electron chi connectivity index (χ0n) is 15.0. The van der Waals surface area contributed by atoms with Crippen molar-refractivity contribution in [1.82, 2.24) is 4.90 Å². The SMILES string of the molecule is CCCN(CCC)C(=O)C1(C(=O)Nc2ccc3c(c2)OCCO3)CC1. The number of anilines is 1. The lowest BCUT2D eigenvalue weighted by molar-refractivity contribution is -0.142. The molecule has 25 heavy (non-hydrogen) atoms. The lowest BCUT2D eigenvalue weighted by atomic mass is 10.0. The Labute approximate surface area is 148 Å². The van der Waals surface area contributed by atoms with Crippen molar-refractivity contribution in [3.05, 3.63) is 18.2 Å². The van der Waals surface area contributed by atoms with E-state index in [0.29, 0.717) is 56.3 Å². The molecule has 1 aromatic carbocycles. The van der Waals surface area contributed by atoms with Crippen molar-refractivity contribution in [3.8, 4) is 11.5 Å². The van der Waals surface area contributed by atoms with Crippen molar-refractivity contribution in [3.63, 3.8) is 0 Å². The molecule has 2 amide bonds. The number of fused-ring (bicyclic) bond motifs is 1. The third-order valence-corrected chi connectivity index (χ3v) is 4.67. The van der Waals surface area contributed by atoms with E-state index >= 15 is 0 Å². The molecule has 6 nitrogen and oxygen atoms in total. The second-order valence-corrected chi connectivity index (χ2v) is 6.69. The van der Waals surface area contributed by atoms with Crippen molar-refractivity contribution in [2.45, 2.75) is 39.5 Å². The van der Waals surface area contributed by atoms with Gasteiger partial charge in [0.05, 0.1) is 0 Å². The second kappa shape index (κ2) is 7.33. The van der Waals surface area contributed by atoms with Crippen molar-refractivity contribution in [1.29, 1.82) is 0 Å². The Bertz CT molecular complexity index is 649. The molecule has 1 N–H and O–H groups in total. The minimum Gasteiger partial charge on any atom is -0.486 e. The normalized spacial score (nSPS) is 16.9. The van der Waals surface area contributed by atoms with Gasteiger partial charge in [-0.3, -0.25) is 9.59 Å². The monoisotopic (exact) mass is 346 g/mol. The summed E-state index contributed by atoms with van der Waals surface area (Å²) in [4.78, 5) is 27.5. The predicted octanol–water partition coefficient (Wildman–Crippen LogP) is 2.83. The molecule has 1 aliphatic heterocycles. The van der Waals surface area contributed by atoms with Crippen LogP contribution in [0, 0.1) is 5.41 Å². The van der Waals surface area contributed by atoms with Gasteiger partial charge in [0.1, 0.15) is 18.6 Å². The van der Waals surface area contributed by atoms with Crippen LogP contribution in [0.25, 0.3) is 0 Å². The quantitative estimate of drug-likeness (QED) is 0.771. The van der Waals surface area contributed by atoms with Gasteiger partial charge in [0.25, 0.3) is 0 Å². The smallest absolute Gasteiger partial charge is 0.240 e. The van der Waals surface area contributed by atoms with Crippen molar-refractivity contribution < 1.29 is 19.1 Å². The number of ether oxygens (including phenoxy) is 2. The van der Waals surface area contributed by atoms with Crippen LogP contribution in [-0.2, 0) is 9.59 Å². The van der Waals surface area contributed by atoms with Crippen molar-refractivity contribution in [2.75, 3.05) is 31.6 Å². The maximum atomic E-state index is 12.9. The highest BCUT2D eigenvalue weighted by molar-refractivity contribution is 6.13. The van der Waals surface area contributed by atoms with E-state index in [1.54, 1.807) is 18.2 Å². The number of amides is 2. The molecule has 6 heteroatoms. The summed E-state index contributed by atoms with van der Waals surface area (Å²) in [6.45, 7) is 6.52. The molecule has 0 aromatic heterocycles. The Morgan fingerprint density at radius 2 is 1.72 bits per heavy atom. The first-order chi connectivity index (χ1) is 12.1. The molecule has 0 unspecified atom stereocenters. The van der Waals surface area contributed by atoms with Gasteiger partial charge in [-0.2, -0.15) is 0 Å². The first-order valence-corrected chi connectivity index (χ1v) is 9.11. The Morgan fingerprint density at radius 3 is 2.32 bits per heavy atom. The zero-order valence-corrected chi connectivity index (χ0v) is 15.0. The highest BCUT2D eigenvalue weighted by atomic mass is 16.6. The minimum atomic E-state index is -0.891. The number of nitrogens with zero attached hydrogens (tertiary/aromatic N) is 1. The van der Waals surface area contributed by atoms with Gasteiger partial charge in [0.2, 0.25) is 11.8 Å². The standard InChI is InChI=1S/C19H26N2O4/c1-3-9-21(10-4-2)18(23)19(7-8-19)17(22)20-14-5-6-15-16(13-14)25-12-11-24-15/h5-6,13H,3-4,7-12H2,1-2H3,(H,20,22). The van der Waals surface area contributed by atoms with Gasteiger partial charge in [-0.05, 0) is 37.8 Å². The molecule has 0 atom stereocenters. The topological polar surface area (TPSA) is 67.9 Å². The highest BCUT2D eigenvalue weighted by Gasteiger charge is 2.57. The van der Waals surface area contributed by atoms with E-state index in [9.17, 15) is 9.59 Å². The van der Waals surface area contributed by atoms with Gasteiger partial charge < -0.3 is 19.7 Å². The molecular weight excluding hydrogens is 320 g/mol. The number of hydrogen-bond donors (Lipinski definition) is 1. The Balaban J connectivity index is 1.70. The lowest BCUT2D eigenvalue weighted by Crippen LogP contribution is -2.43. The molecule has 1 fully saturated rings. The fourth-order valence-electron chi connectivity index (χ4n) is 3.19. The summed E-state index contributed by atoms with van der Waals surface area (Å²) in [5.41, 5.74) is -0.261. The molecule has 1 aromatic rings. The van der Waals surface area contributed by atoms with Crippen molar-refractivity contribution in [2.24, 2.45) is 5.41 Å². The fraction of sp³-hybridized carbons (Fsp3) is 0.579. The first-order valence-electron chi connectivity index (χ1n) is 9.11.